The summed E-state index contributed by atoms with van der Waals surface area (Å²) >= 11 is 5.92. The second kappa shape index (κ2) is 5.48. The number of alkyl halides is 1. The molecule has 1 amide bonds. The fraction of sp³-hybridized carbons (Fsp3) is 0.385. The lowest BCUT2D eigenvalue weighted by molar-refractivity contribution is -0.123. The molecular weight excluding hydrogens is 266 g/mol. The molecule has 0 fully saturated rings. The van der Waals surface area contributed by atoms with Crippen molar-refractivity contribution in [2.24, 2.45) is 0 Å². The third-order valence-corrected chi connectivity index (χ3v) is 3.34. The highest BCUT2D eigenvalue weighted by atomic mass is 35.5. The number of ether oxygens (including phenoxy) is 1. The molecule has 2 aromatic rings. The maximum absolute atomic E-state index is 11.8. The van der Waals surface area contributed by atoms with Gasteiger partial charge in [0.25, 0.3) is 0 Å². The number of hydrogen-bond donors (Lipinski definition) is 1. The molecule has 0 aliphatic carbocycles. The Morgan fingerprint density at radius 1 is 1.58 bits per heavy atom. The van der Waals surface area contributed by atoms with Crippen molar-refractivity contribution >= 4 is 28.5 Å². The van der Waals surface area contributed by atoms with Gasteiger partial charge in [-0.3, -0.25) is 4.79 Å². The molecule has 0 aliphatic heterocycles. The Hall–Kier alpha value is -1.75. The molecule has 1 aromatic heterocycles. The number of imidazole rings is 1. The van der Waals surface area contributed by atoms with Gasteiger partial charge >= 0.3 is 0 Å². The Morgan fingerprint density at radius 3 is 2.89 bits per heavy atom. The van der Waals surface area contributed by atoms with Crippen molar-refractivity contribution in [2.45, 2.75) is 18.8 Å². The first-order valence-electron chi connectivity index (χ1n) is 5.94. The van der Waals surface area contributed by atoms with Gasteiger partial charge in [-0.15, -0.1) is 11.6 Å². The van der Waals surface area contributed by atoms with Gasteiger partial charge in [0.05, 0.1) is 24.0 Å². The van der Waals surface area contributed by atoms with E-state index in [0.717, 1.165) is 16.8 Å². The highest BCUT2D eigenvalue weighted by molar-refractivity contribution is 6.17. The monoisotopic (exact) mass is 281 g/mol. The summed E-state index contributed by atoms with van der Waals surface area (Å²) in [5.74, 6) is 1.56. The largest absolute Gasteiger partial charge is 0.497 e. The summed E-state index contributed by atoms with van der Waals surface area (Å²) in [5, 5.41) is 2.64. The number of aromatic nitrogens is 2. The number of nitrogens with zero attached hydrogens (tertiary/aromatic N) is 2. The minimum Gasteiger partial charge on any atom is -0.497 e. The SMILES string of the molecule is CNC(=O)C(C)n1c(CCl)nc2cc(OC)ccc21. The van der Waals surface area contributed by atoms with E-state index in [1.54, 1.807) is 14.2 Å². The molecule has 0 spiro atoms. The van der Waals surface area contributed by atoms with Gasteiger partial charge in [-0.25, -0.2) is 4.98 Å². The number of amides is 1. The molecule has 6 heteroatoms. The molecule has 2 rings (SSSR count). The lowest BCUT2D eigenvalue weighted by Gasteiger charge is -2.15. The Labute approximate surface area is 116 Å². The van der Waals surface area contributed by atoms with Crippen LogP contribution in [0, 0.1) is 0 Å². The summed E-state index contributed by atoms with van der Waals surface area (Å²) in [6.07, 6.45) is 0. The van der Waals surface area contributed by atoms with Crippen LogP contribution in [0.3, 0.4) is 0 Å². The second-order valence-electron chi connectivity index (χ2n) is 4.18. The van der Waals surface area contributed by atoms with Crippen LogP contribution in [0.15, 0.2) is 18.2 Å². The second-order valence-corrected chi connectivity index (χ2v) is 4.44. The van der Waals surface area contributed by atoms with Gasteiger partial charge < -0.3 is 14.6 Å². The molecule has 0 bridgehead atoms. The average Bonchev–Trinajstić information content (AvgIpc) is 2.82. The number of likely N-dealkylation sites (N-methyl/N-ethyl adjacent to an activating group) is 1. The lowest BCUT2D eigenvalue weighted by atomic mass is 10.2. The number of methoxy groups -OCH3 is 1. The summed E-state index contributed by atoms with van der Waals surface area (Å²) < 4.78 is 7.02. The van der Waals surface area contributed by atoms with Crippen molar-refractivity contribution in [2.75, 3.05) is 14.2 Å². The molecule has 0 radical (unpaired) electrons. The summed E-state index contributed by atoms with van der Waals surface area (Å²) in [6, 6.07) is 5.20. The third-order valence-electron chi connectivity index (χ3n) is 3.10. The zero-order chi connectivity index (χ0) is 14.0. The number of nitrogens with one attached hydrogen (secondary N) is 1. The van der Waals surface area contributed by atoms with Gasteiger partial charge in [-0.05, 0) is 19.1 Å². The number of carbonyl (C=O) groups is 1. The van der Waals surface area contributed by atoms with E-state index in [1.807, 2.05) is 29.7 Å². The molecule has 0 saturated carbocycles. The Balaban J connectivity index is 2.61. The van der Waals surface area contributed by atoms with Crippen LogP contribution in [0.1, 0.15) is 18.8 Å². The zero-order valence-electron chi connectivity index (χ0n) is 11.1. The maximum atomic E-state index is 11.8. The van der Waals surface area contributed by atoms with Crippen LogP contribution in [-0.2, 0) is 10.7 Å². The summed E-state index contributed by atoms with van der Waals surface area (Å²) in [6.45, 7) is 1.82. The number of carbonyl (C=O) groups excluding carboxylic acids is 1. The van der Waals surface area contributed by atoms with E-state index in [0.29, 0.717) is 5.82 Å². The predicted octanol–water partition coefficient (Wildman–Crippen LogP) is 2.09. The molecule has 0 aliphatic rings. The van der Waals surface area contributed by atoms with E-state index < -0.39 is 0 Å². The van der Waals surface area contributed by atoms with Crippen molar-refractivity contribution < 1.29 is 9.53 Å². The van der Waals surface area contributed by atoms with Crippen LogP contribution in [0.5, 0.6) is 5.75 Å². The fourth-order valence-corrected chi connectivity index (χ4v) is 2.30. The zero-order valence-corrected chi connectivity index (χ0v) is 11.9. The van der Waals surface area contributed by atoms with Gasteiger partial charge in [0.1, 0.15) is 17.6 Å². The summed E-state index contributed by atoms with van der Waals surface area (Å²) in [7, 11) is 3.22. The molecule has 1 aromatic carbocycles. The molecule has 102 valence electrons. The fourth-order valence-electron chi connectivity index (χ4n) is 2.11. The minimum absolute atomic E-state index is 0.0820. The molecular formula is C13H16ClN3O2. The van der Waals surface area contributed by atoms with Crippen molar-refractivity contribution in [3.05, 3.63) is 24.0 Å². The summed E-state index contributed by atoms with van der Waals surface area (Å²) in [4.78, 5) is 16.3. The average molecular weight is 282 g/mol. The van der Waals surface area contributed by atoms with Crippen LogP contribution in [-0.4, -0.2) is 29.6 Å². The summed E-state index contributed by atoms with van der Waals surface area (Å²) in [5.41, 5.74) is 1.64. The molecule has 1 heterocycles. The molecule has 19 heavy (non-hydrogen) atoms. The van der Waals surface area contributed by atoms with E-state index in [4.69, 9.17) is 16.3 Å². The van der Waals surface area contributed by atoms with E-state index >= 15 is 0 Å². The Morgan fingerprint density at radius 2 is 2.32 bits per heavy atom. The molecule has 5 nitrogen and oxygen atoms in total. The van der Waals surface area contributed by atoms with Crippen molar-refractivity contribution in [3.8, 4) is 5.75 Å². The van der Waals surface area contributed by atoms with E-state index in [-0.39, 0.29) is 17.8 Å². The first-order chi connectivity index (χ1) is 9.12. The maximum Gasteiger partial charge on any atom is 0.242 e. The van der Waals surface area contributed by atoms with E-state index in [9.17, 15) is 4.79 Å². The minimum atomic E-state index is -0.364. The van der Waals surface area contributed by atoms with E-state index in [2.05, 4.69) is 10.3 Å². The quantitative estimate of drug-likeness (QED) is 0.873. The molecule has 0 saturated heterocycles. The topological polar surface area (TPSA) is 56.2 Å². The van der Waals surface area contributed by atoms with Gasteiger partial charge in [-0.2, -0.15) is 0 Å². The third kappa shape index (κ3) is 2.38. The van der Waals surface area contributed by atoms with Crippen molar-refractivity contribution in [1.82, 2.24) is 14.9 Å². The number of benzene rings is 1. The normalized spacial score (nSPS) is 12.4. The first kappa shape index (κ1) is 13.7. The Bertz CT molecular complexity index is 609. The lowest BCUT2D eigenvalue weighted by Crippen LogP contribution is -2.28. The highest BCUT2D eigenvalue weighted by Crippen LogP contribution is 2.25. The van der Waals surface area contributed by atoms with Crippen LogP contribution in [0.25, 0.3) is 11.0 Å². The number of rotatable bonds is 4. The van der Waals surface area contributed by atoms with Crippen LogP contribution < -0.4 is 10.1 Å². The standard InChI is InChI=1S/C13H16ClN3O2/c1-8(13(18)15-2)17-11-5-4-9(19-3)6-10(11)16-12(17)7-14/h4-6,8H,7H2,1-3H3,(H,15,18). The number of halogens is 1. The number of hydrogen-bond acceptors (Lipinski definition) is 3. The van der Waals surface area contributed by atoms with Crippen molar-refractivity contribution in [1.29, 1.82) is 0 Å². The van der Waals surface area contributed by atoms with Crippen LogP contribution >= 0.6 is 11.6 Å². The molecule has 1 atom stereocenters. The first-order valence-corrected chi connectivity index (χ1v) is 6.48. The molecule has 1 unspecified atom stereocenters. The Kier molecular flexibility index (Phi) is 3.95. The van der Waals surface area contributed by atoms with Crippen LogP contribution in [0.2, 0.25) is 0 Å². The van der Waals surface area contributed by atoms with Gasteiger partial charge in [0, 0.05) is 13.1 Å². The van der Waals surface area contributed by atoms with Crippen molar-refractivity contribution in [3.63, 3.8) is 0 Å². The van der Waals surface area contributed by atoms with Gasteiger partial charge in [0.2, 0.25) is 5.91 Å². The smallest absolute Gasteiger partial charge is 0.242 e. The van der Waals surface area contributed by atoms with E-state index in [1.165, 1.54) is 0 Å². The van der Waals surface area contributed by atoms with Gasteiger partial charge in [0.15, 0.2) is 0 Å². The van der Waals surface area contributed by atoms with Crippen LogP contribution in [0.4, 0.5) is 0 Å². The highest BCUT2D eigenvalue weighted by Gasteiger charge is 2.20. The van der Waals surface area contributed by atoms with Gasteiger partial charge in [-0.1, -0.05) is 0 Å². The molecule has 1 N–H and O–H groups in total. The number of fused-ring (bicyclic) bond motifs is 1. The predicted molar refractivity (Wildman–Crippen MR) is 74.6 cm³/mol.